The van der Waals surface area contributed by atoms with Gasteiger partial charge in [0.2, 0.25) is 10.0 Å². The first-order chi connectivity index (χ1) is 9.87. The number of aryl methyl sites for hydroxylation is 1. The van der Waals surface area contributed by atoms with Crippen LogP contribution in [-0.4, -0.2) is 24.7 Å². The van der Waals surface area contributed by atoms with Crippen LogP contribution < -0.4 is 4.72 Å². The van der Waals surface area contributed by atoms with Crippen LogP contribution in [0.2, 0.25) is 5.02 Å². The van der Waals surface area contributed by atoms with Crippen molar-refractivity contribution < 1.29 is 12.8 Å². The zero-order chi connectivity index (χ0) is 15.5. The van der Waals surface area contributed by atoms with Crippen LogP contribution in [0.1, 0.15) is 11.3 Å². The largest absolute Gasteiger partial charge is 0.273 e. The van der Waals surface area contributed by atoms with Crippen molar-refractivity contribution >= 4 is 21.6 Å². The maximum atomic E-state index is 13.3. The third-order valence-electron chi connectivity index (χ3n) is 2.97. The normalized spacial score (nSPS) is 11.8. The van der Waals surface area contributed by atoms with Gasteiger partial charge in [-0.25, -0.2) is 17.5 Å². The molecule has 0 amide bonds. The molecule has 0 radical (unpaired) electrons. The Balaban J connectivity index is 1.92. The van der Waals surface area contributed by atoms with Crippen LogP contribution >= 0.6 is 11.6 Å². The van der Waals surface area contributed by atoms with Gasteiger partial charge < -0.3 is 0 Å². The average Bonchev–Trinajstić information content (AvgIpc) is 2.79. The van der Waals surface area contributed by atoms with Crippen molar-refractivity contribution in [2.75, 3.05) is 6.54 Å². The monoisotopic (exact) mass is 331 g/mol. The molecule has 2 aromatic rings. The lowest BCUT2D eigenvalue weighted by atomic mass is 10.2. The van der Waals surface area contributed by atoms with Crippen molar-refractivity contribution in [1.29, 1.82) is 0 Å². The highest BCUT2D eigenvalue weighted by Gasteiger charge is 2.13. The van der Waals surface area contributed by atoms with Gasteiger partial charge in [0.05, 0.1) is 10.8 Å². The van der Waals surface area contributed by atoms with Gasteiger partial charge in [-0.2, -0.15) is 5.10 Å². The Morgan fingerprint density at radius 3 is 2.76 bits per heavy atom. The number of hydrogen-bond acceptors (Lipinski definition) is 3. The van der Waals surface area contributed by atoms with Gasteiger partial charge in [0.25, 0.3) is 0 Å². The van der Waals surface area contributed by atoms with Crippen molar-refractivity contribution in [3.63, 3.8) is 0 Å². The fraction of sp³-hybridized carbons (Fsp3) is 0.308. The molecule has 0 bridgehead atoms. The van der Waals surface area contributed by atoms with Crippen LogP contribution in [-0.2, 0) is 29.2 Å². The van der Waals surface area contributed by atoms with E-state index >= 15 is 0 Å². The van der Waals surface area contributed by atoms with Crippen molar-refractivity contribution in [2.24, 2.45) is 7.05 Å². The van der Waals surface area contributed by atoms with Crippen LogP contribution in [0.3, 0.4) is 0 Å². The summed E-state index contributed by atoms with van der Waals surface area (Å²) in [6.45, 7) is 0.262. The van der Waals surface area contributed by atoms with Gasteiger partial charge in [0.15, 0.2) is 0 Å². The molecule has 0 saturated carbocycles. The topological polar surface area (TPSA) is 64.0 Å². The second-order valence-electron chi connectivity index (χ2n) is 4.60. The number of hydrogen-bond donors (Lipinski definition) is 1. The van der Waals surface area contributed by atoms with E-state index in [0.717, 1.165) is 11.8 Å². The molecule has 0 aliphatic rings. The molecule has 0 atom stereocenters. The Hall–Kier alpha value is -1.44. The average molecular weight is 332 g/mol. The van der Waals surface area contributed by atoms with Crippen LogP contribution in [0.25, 0.3) is 0 Å². The lowest BCUT2D eigenvalue weighted by molar-refractivity contribution is 0.578. The van der Waals surface area contributed by atoms with Gasteiger partial charge >= 0.3 is 0 Å². The molecular weight excluding hydrogens is 317 g/mol. The maximum absolute atomic E-state index is 13.3. The molecule has 21 heavy (non-hydrogen) atoms. The van der Waals surface area contributed by atoms with Crippen LogP contribution in [0.5, 0.6) is 0 Å². The number of aromatic nitrogens is 2. The highest BCUT2D eigenvalue weighted by atomic mass is 35.5. The molecule has 2 rings (SSSR count). The maximum Gasteiger partial charge on any atom is 0.215 e. The van der Waals surface area contributed by atoms with Gasteiger partial charge in [-0.1, -0.05) is 17.7 Å². The molecule has 0 saturated heterocycles. The van der Waals surface area contributed by atoms with E-state index in [-0.39, 0.29) is 17.3 Å². The summed E-state index contributed by atoms with van der Waals surface area (Å²) < 4.78 is 41.3. The van der Waals surface area contributed by atoms with Crippen molar-refractivity contribution in [3.05, 3.63) is 52.6 Å². The lowest BCUT2D eigenvalue weighted by Gasteiger charge is -2.07. The predicted molar refractivity (Wildman–Crippen MR) is 78.9 cm³/mol. The minimum atomic E-state index is -3.52. The molecule has 0 unspecified atom stereocenters. The summed E-state index contributed by atoms with van der Waals surface area (Å²) >= 11 is 5.56. The molecule has 5 nitrogen and oxygen atoms in total. The van der Waals surface area contributed by atoms with E-state index < -0.39 is 15.8 Å². The highest BCUT2D eigenvalue weighted by Crippen LogP contribution is 2.16. The summed E-state index contributed by atoms with van der Waals surface area (Å²) in [4.78, 5) is 0. The summed E-state index contributed by atoms with van der Waals surface area (Å²) in [5.74, 6) is -0.911. The van der Waals surface area contributed by atoms with Crippen LogP contribution in [0.4, 0.5) is 4.39 Å². The second kappa shape index (κ2) is 6.55. The quantitative estimate of drug-likeness (QED) is 0.879. The first-order valence-corrected chi connectivity index (χ1v) is 8.28. The zero-order valence-electron chi connectivity index (χ0n) is 11.4. The van der Waals surface area contributed by atoms with Gasteiger partial charge in [0, 0.05) is 31.9 Å². The molecular formula is C13H15ClFN3O2S. The first-order valence-electron chi connectivity index (χ1n) is 6.25. The standard InChI is InChI=1S/C13H15ClFN3O2S/c1-18-11(4-6-16-18)5-7-17-21(19,20)9-10-2-3-12(14)13(15)8-10/h2-4,6,8,17H,5,7,9H2,1H3. The van der Waals surface area contributed by atoms with Crippen molar-refractivity contribution in [3.8, 4) is 0 Å². The van der Waals surface area contributed by atoms with E-state index in [4.69, 9.17) is 11.6 Å². The molecule has 1 N–H and O–H groups in total. The molecule has 0 fully saturated rings. The predicted octanol–water partition coefficient (Wildman–Crippen LogP) is 1.87. The van der Waals surface area contributed by atoms with E-state index in [1.165, 1.54) is 12.1 Å². The van der Waals surface area contributed by atoms with E-state index in [2.05, 4.69) is 9.82 Å². The number of halogens is 2. The Kier molecular flexibility index (Phi) is 4.97. The van der Waals surface area contributed by atoms with Crippen molar-refractivity contribution in [1.82, 2.24) is 14.5 Å². The van der Waals surface area contributed by atoms with Gasteiger partial charge in [0.1, 0.15) is 5.82 Å². The molecule has 1 aromatic carbocycles. The SMILES string of the molecule is Cn1nccc1CCNS(=O)(=O)Cc1ccc(Cl)c(F)c1. The van der Waals surface area contributed by atoms with E-state index in [1.807, 2.05) is 6.07 Å². The lowest BCUT2D eigenvalue weighted by Crippen LogP contribution is -2.27. The highest BCUT2D eigenvalue weighted by molar-refractivity contribution is 7.88. The van der Waals surface area contributed by atoms with E-state index in [0.29, 0.717) is 12.0 Å². The Bertz CT molecular complexity index is 731. The summed E-state index contributed by atoms with van der Waals surface area (Å²) in [5, 5.41) is 3.98. The van der Waals surface area contributed by atoms with Crippen LogP contribution in [0.15, 0.2) is 30.5 Å². The number of benzene rings is 1. The van der Waals surface area contributed by atoms with Crippen molar-refractivity contribution in [2.45, 2.75) is 12.2 Å². The fourth-order valence-corrected chi connectivity index (χ4v) is 3.13. The first kappa shape index (κ1) is 15.9. The summed E-state index contributed by atoms with van der Waals surface area (Å²) in [5.41, 5.74) is 1.28. The Morgan fingerprint density at radius 1 is 1.38 bits per heavy atom. The second-order valence-corrected chi connectivity index (χ2v) is 6.81. The van der Waals surface area contributed by atoms with Gasteiger partial charge in [-0.05, 0) is 23.8 Å². The number of nitrogens with one attached hydrogen (secondary N) is 1. The van der Waals surface area contributed by atoms with E-state index in [9.17, 15) is 12.8 Å². The van der Waals surface area contributed by atoms with Crippen LogP contribution in [0, 0.1) is 5.82 Å². The number of nitrogens with zero attached hydrogens (tertiary/aromatic N) is 2. The third kappa shape index (κ3) is 4.52. The van der Waals surface area contributed by atoms with Gasteiger partial charge in [-0.3, -0.25) is 4.68 Å². The zero-order valence-corrected chi connectivity index (χ0v) is 13.0. The molecule has 0 aliphatic heterocycles. The Morgan fingerprint density at radius 2 is 2.14 bits per heavy atom. The molecule has 8 heteroatoms. The molecule has 1 aromatic heterocycles. The molecule has 1 heterocycles. The fourth-order valence-electron chi connectivity index (χ4n) is 1.88. The minimum absolute atomic E-state index is 0.0275. The molecule has 0 aliphatic carbocycles. The molecule has 114 valence electrons. The summed E-state index contributed by atoms with van der Waals surface area (Å²) in [6.07, 6.45) is 2.19. The molecule has 0 spiro atoms. The minimum Gasteiger partial charge on any atom is -0.273 e. The Labute approximate surface area is 127 Å². The number of rotatable bonds is 6. The summed E-state index contributed by atoms with van der Waals surface area (Å²) in [7, 11) is -1.73. The van der Waals surface area contributed by atoms with E-state index in [1.54, 1.807) is 17.9 Å². The summed E-state index contributed by atoms with van der Waals surface area (Å²) in [6, 6.07) is 5.79. The smallest absolute Gasteiger partial charge is 0.215 e. The third-order valence-corrected chi connectivity index (χ3v) is 4.63. The van der Waals surface area contributed by atoms with Gasteiger partial charge in [-0.15, -0.1) is 0 Å². The number of sulfonamides is 1.